The highest BCUT2D eigenvalue weighted by molar-refractivity contribution is 5.50. The van der Waals surface area contributed by atoms with Gasteiger partial charge in [-0.05, 0) is 45.4 Å². The molecule has 142 valence electrons. The van der Waals surface area contributed by atoms with Crippen molar-refractivity contribution in [3.05, 3.63) is 59.6 Å². The number of nitrogens with zero attached hydrogens (tertiary/aromatic N) is 5. The minimum atomic E-state index is 0.662. The fraction of sp³-hybridized carbons (Fsp3) is 0.381. The van der Waals surface area contributed by atoms with Crippen LogP contribution in [0.2, 0.25) is 0 Å². The normalized spacial score (nSPS) is 10.9. The first-order chi connectivity index (χ1) is 13.0. The van der Waals surface area contributed by atoms with Gasteiger partial charge in [-0.2, -0.15) is 0 Å². The van der Waals surface area contributed by atoms with Crippen molar-refractivity contribution in [1.82, 2.24) is 19.5 Å². The van der Waals surface area contributed by atoms with Gasteiger partial charge in [0.2, 0.25) is 0 Å². The fourth-order valence-electron chi connectivity index (χ4n) is 3.18. The number of hydrogen-bond acceptors (Lipinski definition) is 5. The Bertz CT molecular complexity index is 915. The Morgan fingerprint density at radius 2 is 1.81 bits per heavy atom. The second-order valence-corrected chi connectivity index (χ2v) is 6.56. The minimum absolute atomic E-state index is 0.662. The summed E-state index contributed by atoms with van der Waals surface area (Å²) >= 11 is 0. The van der Waals surface area contributed by atoms with Crippen LogP contribution in [0, 0.1) is 13.8 Å². The van der Waals surface area contributed by atoms with E-state index in [2.05, 4.69) is 40.8 Å². The third-order valence-electron chi connectivity index (χ3n) is 4.57. The molecule has 6 heteroatoms. The third kappa shape index (κ3) is 4.27. The quantitative estimate of drug-likeness (QED) is 0.639. The maximum Gasteiger partial charge on any atom is 0.143 e. The Hall–Kier alpha value is -2.89. The summed E-state index contributed by atoms with van der Waals surface area (Å²) in [5.41, 5.74) is 4.04. The van der Waals surface area contributed by atoms with Gasteiger partial charge in [0, 0.05) is 37.5 Å². The molecule has 3 rings (SSSR count). The average molecular weight is 365 g/mol. The molecule has 0 spiro atoms. The molecule has 0 unspecified atom stereocenters. The smallest absolute Gasteiger partial charge is 0.143 e. The van der Waals surface area contributed by atoms with E-state index in [-0.39, 0.29) is 0 Å². The second kappa shape index (κ2) is 8.20. The van der Waals surface area contributed by atoms with Crippen LogP contribution in [0.25, 0.3) is 5.69 Å². The fourth-order valence-corrected chi connectivity index (χ4v) is 3.18. The van der Waals surface area contributed by atoms with E-state index in [0.717, 1.165) is 53.1 Å². The topological polar surface area (TPSA) is 56.1 Å². The lowest BCUT2D eigenvalue weighted by Crippen LogP contribution is -2.23. The van der Waals surface area contributed by atoms with E-state index in [1.165, 1.54) is 0 Å². The molecule has 0 aliphatic carbocycles. The number of imidazole rings is 1. The van der Waals surface area contributed by atoms with Gasteiger partial charge in [-0.1, -0.05) is 6.07 Å². The average Bonchev–Trinajstić information content (AvgIpc) is 3.08. The molecule has 0 aliphatic heterocycles. The van der Waals surface area contributed by atoms with Crippen LogP contribution >= 0.6 is 0 Å². The van der Waals surface area contributed by atoms with Crippen LogP contribution in [0.15, 0.2) is 36.8 Å². The van der Waals surface area contributed by atoms with E-state index < -0.39 is 0 Å². The molecule has 0 amide bonds. The number of benzene rings is 1. The first kappa shape index (κ1) is 18.9. The highest BCUT2D eigenvalue weighted by Crippen LogP contribution is 2.25. The first-order valence-corrected chi connectivity index (χ1v) is 9.31. The van der Waals surface area contributed by atoms with Crippen LogP contribution in [0.5, 0.6) is 5.75 Å². The van der Waals surface area contributed by atoms with Crippen molar-refractivity contribution in [2.45, 2.75) is 34.1 Å². The second-order valence-electron chi connectivity index (χ2n) is 6.56. The molecular formula is C21H27N5O. The van der Waals surface area contributed by atoms with E-state index in [4.69, 9.17) is 9.72 Å². The maximum atomic E-state index is 5.61. The number of methoxy groups -OCH3 is 1. The Labute approximate surface area is 160 Å². The Morgan fingerprint density at radius 1 is 1.04 bits per heavy atom. The summed E-state index contributed by atoms with van der Waals surface area (Å²) in [6.45, 7) is 10.1. The van der Waals surface area contributed by atoms with E-state index in [1.807, 2.05) is 36.7 Å². The Morgan fingerprint density at radius 3 is 2.44 bits per heavy atom. The molecule has 0 fully saturated rings. The lowest BCUT2D eigenvalue weighted by molar-refractivity contribution is 0.412. The van der Waals surface area contributed by atoms with E-state index in [1.54, 1.807) is 13.4 Å². The van der Waals surface area contributed by atoms with Crippen molar-refractivity contribution in [3.63, 3.8) is 0 Å². The molecule has 3 aromatic rings. The molecule has 0 radical (unpaired) electrons. The molecule has 1 aromatic carbocycles. The van der Waals surface area contributed by atoms with Gasteiger partial charge in [-0.25, -0.2) is 15.0 Å². The first-order valence-electron chi connectivity index (χ1n) is 9.31. The molecular weight excluding hydrogens is 338 g/mol. The van der Waals surface area contributed by atoms with Gasteiger partial charge in [-0.3, -0.25) is 0 Å². The number of ether oxygens (including phenoxy) is 1. The molecule has 0 N–H and O–H groups in total. The molecule has 6 nitrogen and oxygen atoms in total. The van der Waals surface area contributed by atoms with E-state index >= 15 is 0 Å². The SMILES string of the molecule is CCN(CC)c1cc(C)nc(Cc2ccc(-n3cnc(C)c3)c(OC)c2)n1. The molecule has 0 bridgehead atoms. The summed E-state index contributed by atoms with van der Waals surface area (Å²) in [5.74, 6) is 2.62. The van der Waals surface area contributed by atoms with E-state index in [0.29, 0.717) is 6.42 Å². The van der Waals surface area contributed by atoms with Crippen LogP contribution in [0.1, 0.15) is 36.6 Å². The molecule has 0 aliphatic rings. The molecule has 0 saturated heterocycles. The molecule has 27 heavy (non-hydrogen) atoms. The van der Waals surface area contributed by atoms with Crippen molar-refractivity contribution in [2.24, 2.45) is 0 Å². The highest BCUT2D eigenvalue weighted by atomic mass is 16.5. The highest BCUT2D eigenvalue weighted by Gasteiger charge is 2.11. The van der Waals surface area contributed by atoms with Crippen LogP contribution in [0.3, 0.4) is 0 Å². The van der Waals surface area contributed by atoms with Crippen molar-refractivity contribution in [2.75, 3.05) is 25.1 Å². The van der Waals surface area contributed by atoms with Gasteiger partial charge in [0.05, 0.1) is 24.8 Å². The van der Waals surface area contributed by atoms with Crippen LogP contribution in [-0.4, -0.2) is 39.7 Å². The summed E-state index contributed by atoms with van der Waals surface area (Å²) in [6, 6.07) is 8.24. The van der Waals surface area contributed by atoms with Crippen molar-refractivity contribution < 1.29 is 4.74 Å². The van der Waals surface area contributed by atoms with Gasteiger partial charge in [0.15, 0.2) is 0 Å². The van der Waals surface area contributed by atoms with Gasteiger partial charge >= 0.3 is 0 Å². The maximum absolute atomic E-state index is 5.61. The third-order valence-corrected chi connectivity index (χ3v) is 4.57. The van der Waals surface area contributed by atoms with Gasteiger partial charge in [-0.15, -0.1) is 0 Å². The Kier molecular flexibility index (Phi) is 5.74. The number of anilines is 1. The standard InChI is InChI=1S/C21H27N5O/c1-6-25(7-2)21-10-15(3)23-20(24-21)12-17-8-9-18(19(11-17)27-5)26-13-16(4)22-14-26/h8-11,13-14H,6-7,12H2,1-5H3. The molecule has 2 heterocycles. The summed E-state index contributed by atoms with van der Waals surface area (Å²) in [4.78, 5) is 15.9. The lowest BCUT2D eigenvalue weighted by atomic mass is 10.1. The molecule has 0 saturated carbocycles. The van der Waals surface area contributed by atoms with Crippen molar-refractivity contribution >= 4 is 5.82 Å². The zero-order chi connectivity index (χ0) is 19.4. The summed E-state index contributed by atoms with van der Waals surface area (Å²) in [5, 5.41) is 0. The monoisotopic (exact) mass is 365 g/mol. The van der Waals surface area contributed by atoms with Crippen molar-refractivity contribution in [1.29, 1.82) is 0 Å². The van der Waals surface area contributed by atoms with E-state index in [9.17, 15) is 0 Å². The summed E-state index contributed by atoms with van der Waals surface area (Å²) in [6.07, 6.45) is 4.44. The zero-order valence-corrected chi connectivity index (χ0v) is 16.7. The van der Waals surface area contributed by atoms with Gasteiger partial charge in [0.1, 0.15) is 17.4 Å². The Balaban J connectivity index is 1.90. The number of aryl methyl sites for hydroxylation is 2. The van der Waals surface area contributed by atoms with Gasteiger partial charge < -0.3 is 14.2 Å². The van der Waals surface area contributed by atoms with Crippen LogP contribution in [-0.2, 0) is 6.42 Å². The molecule has 0 atom stereocenters. The summed E-state index contributed by atoms with van der Waals surface area (Å²) in [7, 11) is 1.69. The minimum Gasteiger partial charge on any atom is -0.495 e. The predicted molar refractivity (Wildman–Crippen MR) is 108 cm³/mol. The molecule has 2 aromatic heterocycles. The van der Waals surface area contributed by atoms with Gasteiger partial charge in [0.25, 0.3) is 0 Å². The largest absolute Gasteiger partial charge is 0.495 e. The number of hydrogen-bond donors (Lipinski definition) is 0. The lowest BCUT2D eigenvalue weighted by Gasteiger charge is -2.20. The zero-order valence-electron chi connectivity index (χ0n) is 16.7. The number of aromatic nitrogens is 4. The van der Waals surface area contributed by atoms with Crippen LogP contribution < -0.4 is 9.64 Å². The van der Waals surface area contributed by atoms with Crippen LogP contribution in [0.4, 0.5) is 5.82 Å². The van der Waals surface area contributed by atoms with Crippen molar-refractivity contribution in [3.8, 4) is 11.4 Å². The summed E-state index contributed by atoms with van der Waals surface area (Å²) < 4.78 is 7.58. The predicted octanol–water partition coefficient (Wildman–Crippen LogP) is 3.72. The number of rotatable bonds is 7.